The van der Waals surface area contributed by atoms with Crippen LogP contribution in [-0.2, 0) is 9.53 Å². The predicted octanol–water partition coefficient (Wildman–Crippen LogP) is 3.39. The molecule has 0 aliphatic heterocycles. The fourth-order valence-electron chi connectivity index (χ4n) is 1.92. The van der Waals surface area contributed by atoms with Crippen LogP contribution in [0.2, 0.25) is 0 Å². The van der Waals surface area contributed by atoms with Crippen LogP contribution >= 0.6 is 0 Å². The molecule has 1 atom stereocenters. The number of benzene rings is 1. The summed E-state index contributed by atoms with van der Waals surface area (Å²) in [6.45, 7) is 7.09. The molecule has 2 aromatic rings. The minimum Gasteiger partial charge on any atom is -0.454 e. The summed E-state index contributed by atoms with van der Waals surface area (Å²) in [6, 6.07) is 8.95. The van der Waals surface area contributed by atoms with Crippen molar-refractivity contribution in [3.8, 4) is 0 Å². The predicted molar refractivity (Wildman–Crippen MR) is 82.9 cm³/mol. The van der Waals surface area contributed by atoms with Crippen LogP contribution in [0.1, 0.15) is 34.4 Å². The second-order valence-electron chi connectivity index (χ2n) is 5.27. The van der Waals surface area contributed by atoms with Gasteiger partial charge >= 0.3 is 5.97 Å². The van der Waals surface area contributed by atoms with Crippen molar-refractivity contribution in [2.45, 2.75) is 33.8 Å². The van der Waals surface area contributed by atoms with Crippen LogP contribution in [0.15, 0.2) is 34.7 Å². The third-order valence-electron chi connectivity index (χ3n) is 3.25. The summed E-state index contributed by atoms with van der Waals surface area (Å²) < 4.78 is 10.3. The number of nitrogens with one attached hydrogen (secondary N) is 1. The first kappa shape index (κ1) is 15.8. The van der Waals surface area contributed by atoms with E-state index in [-0.39, 0.29) is 11.7 Å². The van der Waals surface area contributed by atoms with Gasteiger partial charge in [-0.1, -0.05) is 12.1 Å². The number of anilines is 1. The van der Waals surface area contributed by atoms with Crippen LogP contribution < -0.4 is 5.32 Å². The maximum Gasteiger partial charge on any atom is 0.375 e. The molecule has 1 N–H and O–H groups in total. The van der Waals surface area contributed by atoms with Gasteiger partial charge in [-0.15, -0.1) is 0 Å². The molecule has 0 spiro atoms. The number of furan rings is 1. The lowest BCUT2D eigenvalue weighted by molar-refractivity contribution is -0.123. The molecule has 1 amide bonds. The van der Waals surface area contributed by atoms with E-state index in [1.807, 2.05) is 32.0 Å². The second-order valence-corrected chi connectivity index (χ2v) is 5.27. The molecule has 116 valence electrons. The van der Waals surface area contributed by atoms with Crippen LogP contribution in [-0.4, -0.2) is 18.0 Å². The Morgan fingerprint density at radius 3 is 2.50 bits per heavy atom. The molecular formula is C17H19NO4. The van der Waals surface area contributed by atoms with Crippen molar-refractivity contribution >= 4 is 17.6 Å². The number of esters is 1. The lowest BCUT2D eigenvalue weighted by Gasteiger charge is -2.14. The molecule has 1 aromatic heterocycles. The maximum absolute atomic E-state index is 12.1. The molecule has 5 heteroatoms. The zero-order chi connectivity index (χ0) is 16.3. The largest absolute Gasteiger partial charge is 0.454 e. The Labute approximate surface area is 129 Å². The van der Waals surface area contributed by atoms with Crippen molar-refractivity contribution in [3.63, 3.8) is 0 Å². The van der Waals surface area contributed by atoms with E-state index in [4.69, 9.17) is 9.15 Å². The van der Waals surface area contributed by atoms with Crippen molar-refractivity contribution in [1.29, 1.82) is 0 Å². The quantitative estimate of drug-likeness (QED) is 0.879. The Morgan fingerprint density at radius 2 is 1.86 bits per heavy atom. The number of rotatable bonds is 4. The fraction of sp³-hybridized carbons (Fsp3) is 0.294. The van der Waals surface area contributed by atoms with E-state index in [0.717, 1.165) is 11.1 Å². The number of carbonyl (C=O) groups is 2. The van der Waals surface area contributed by atoms with Gasteiger partial charge in [0, 0.05) is 5.69 Å². The molecule has 0 aliphatic carbocycles. The zero-order valence-corrected chi connectivity index (χ0v) is 13.1. The molecule has 1 aromatic carbocycles. The monoisotopic (exact) mass is 301 g/mol. The van der Waals surface area contributed by atoms with Gasteiger partial charge < -0.3 is 14.5 Å². The van der Waals surface area contributed by atoms with Gasteiger partial charge in [-0.2, -0.15) is 0 Å². The first-order valence-electron chi connectivity index (χ1n) is 7.02. The minimum atomic E-state index is -0.919. The molecule has 0 aliphatic rings. The number of amides is 1. The Hall–Kier alpha value is -2.56. The smallest absolute Gasteiger partial charge is 0.375 e. The van der Waals surface area contributed by atoms with Crippen LogP contribution in [0.3, 0.4) is 0 Å². The summed E-state index contributed by atoms with van der Waals surface area (Å²) in [5.41, 5.74) is 2.69. The average Bonchev–Trinajstić information content (AvgIpc) is 2.89. The zero-order valence-electron chi connectivity index (χ0n) is 13.1. The van der Waals surface area contributed by atoms with Gasteiger partial charge in [0.1, 0.15) is 5.76 Å². The van der Waals surface area contributed by atoms with E-state index in [1.165, 1.54) is 13.0 Å². The lowest BCUT2D eigenvalue weighted by atomic mass is 10.1. The summed E-state index contributed by atoms with van der Waals surface area (Å²) in [4.78, 5) is 24.0. The average molecular weight is 301 g/mol. The molecule has 0 radical (unpaired) electrons. The molecule has 0 saturated heterocycles. The van der Waals surface area contributed by atoms with Crippen molar-refractivity contribution in [3.05, 3.63) is 53.0 Å². The van der Waals surface area contributed by atoms with E-state index in [0.29, 0.717) is 11.4 Å². The molecule has 0 fully saturated rings. The van der Waals surface area contributed by atoms with Gasteiger partial charge in [0.2, 0.25) is 5.76 Å². The molecule has 0 bridgehead atoms. The number of carbonyl (C=O) groups excluding carboxylic acids is 2. The number of aryl methyl sites for hydroxylation is 3. The highest BCUT2D eigenvalue weighted by atomic mass is 16.6. The van der Waals surface area contributed by atoms with Crippen LogP contribution in [0.25, 0.3) is 0 Å². The van der Waals surface area contributed by atoms with Gasteiger partial charge in [0.05, 0.1) is 0 Å². The maximum atomic E-state index is 12.1. The van der Waals surface area contributed by atoms with E-state index in [2.05, 4.69) is 5.32 Å². The standard InChI is InChI=1S/C17H19NO4/c1-10-5-6-11(2)14(9-10)18-16(19)13(4)22-17(20)15-8-7-12(3)21-15/h5-9,13H,1-4H3,(H,18,19). The summed E-state index contributed by atoms with van der Waals surface area (Å²) in [5.74, 6) is -0.342. The van der Waals surface area contributed by atoms with Crippen LogP contribution in [0, 0.1) is 20.8 Å². The molecule has 2 rings (SSSR count). The van der Waals surface area contributed by atoms with Crippen molar-refractivity contribution in [1.82, 2.24) is 0 Å². The van der Waals surface area contributed by atoms with E-state index in [9.17, 15) is 9.59 Å². The fourth-order valence-corrected chi connectivity index (χ4v) is 1.92. The van der Waals surface area contributed by atoms with E-state index >= 15 is 0 Å². The Morgan fingerprint density at radius 1 is 1.14 bits per heavy atom. The van der Waals surface area contributed by atoms with Crippen molar-refractivity contribution in [2.24, 2.45) is 0 Å². The minimum absolute atomic E-state index is 0.0869. The number of hydrogen-bond acceptors (Lipinski definition) is 4. The Bertz CT molecular complexity index is 702. The molecule has 1 heterocycles. The highest BCUT2D eigenvalue weighted by Gasteiger charge is 2.21. The summed E-state index contributed by atoms with van der Waals surface area (Å²) >= 11 is 0. The highest BCUT2D eigenvalue weighted by molar-refractivity contribution is 5.97. The second kappa shape index (κ2) is 6.47. The van der Waals surface area contributed by atoms with Gasteiger partial charge in [0.25, 0.3) is 5.91 Å². The molecular weight excluding hydrogens is 282 g/mol. The lowest BCUT2D eigenvalue weighted by Crippen LogP contribution is -2.30. The molecule has 22 heavy (non-hydrogen) atoms. The van der Waals surface area contributed by atoms with E-state index in [1.54, 1.807) is 13.0 Å². The van der Waals surface area contributed by atoms with E-state index < -0.39 is 12.1 Å². The first-order valence-corrected chi connectivity index (χ1v) is 7.02. The highest BCUT2D eigenvalue weighted by Crippen LogP contribution is 2.17. The summed E-state index contributed by atoms with van der Waals surface area (Å²) in [5, 5.41) is 2.77. The summed E-state index contributed by atoms with van der Waals surface area (Å²) in [7, 11) is 0. The van der Waals surface area contributed by atoms with Gasteiger partial charge in [-0.25, -0.2) is 4.79 Å². The molecule has 0 saturated carbocycles. The number of ether oxygens (including phenoxy) is 1. The normalized spacial score (nSPS) is 11.8. The Balaban J connectivity index is 2.00. The SMILES string of the molecule is Cc1ccc(C)c(NC(=O)C(C)OC(=O)c2ccc(C)o2)c1. The third-order valence-corrected chi connectivity index (χ3v) is 3.25. The number of hydrogen-bond donors (Lipinski definition) is 1. The van der Waals surface area contributed by atoms with Crippen LogP contribution in [0.5, 0.6) is 0 Å². The molecule has 1 unspecified atom stereocenters. The van der Waals surface area contributed by atoms with Gasteiger partial charge in [0.15, 0.2) is 6.10 Å². The first-order chi connectivity index (χ1) is 10.4. The van der Waals surface area contributed by atoms with Gasteiger partial charge in [-0.3, -0.25) is 4.79 Å². The third kappa shape index (κ3) is 3.75. The van der Waals surface area contributed by atoms with Gasteiger partial charge in [-0.05, 0) is 57.0 Å². The van der Waals surface area contributed by atoms with Crippen molar-refractivity contribution < 1.29 is 18.7 Å². The topological polar surface area (TPSA) is 68.5 Å². The van der Waals surface area contributed by atoms with Crippen molar-refractivity contribution in [2.75, 3.05) is 5.32 Å². The summed E-state index contributed by atoms with van der Waals surface area (Å²) in [6.07, 6.45) is -0.919. The van der Waals surface area contributed by atoms with Crippen LogP contribution in [0.4, 0.5) is 5.69 Å². The molecule has 5 nitrogen and oxygen atoms in total. The Kier molecular flexibility index (Phi) is 4.65.